The van der Waals surface area contributed by atoms with Crippen LogP contribution in [-0.2, 0) is 6.42 Å². The number of nitrogens with zero attached hydrogens (tertiary/aromatic N) is 2. The molecule has 5 nitrogen and oxygen atoms in total. The van der Waals surface area contributed by atoms with E-state index in [9.17, 15) is 9.18 Å². The van der Waals surface area contributed by atoms with E-state index < -0.39 is 0 Å². The highest BCUT2D eigenvalue weighted by Crippen LogP contribution is 2.41. The molecule has 2 aromatic heterocycles. The molecule has 27 heavy (non-hydrogen) atoms. The molecule has 2 heterocycles. The second kappa shape index (κ2) is 6.44. The number of fused-ring (bicyclic) bond motifs is 1. The Kier molecular flexibility index (Phi) is 4.21. The van der Waals surface area contributed by atoms with Gasteiger partial charge in [-0.2, -0.15) is 0 Å². The zero-order chi connectivity index (χ0) is 19.2. The van der Waals surface area contributed by atoms with E-state index in [1.54, 1.807) is 12.1 Å². The third-order valence-electron chi connectivity index (χ3n) is 4.75. The fraction of sp³-hybridized carbons (Fsp3) is 0.381. The minimum atomic E-state index is -0.252. The largest absolute Gasteiger partial charge is 0.349 e. The Balaban J connectivity index is 1.49. The van der Waals surface area contributed by atoms with Gasteiger partial charge in [-0.05, 0) is 42.0 Å². The summed E-state index contributed by atoms with van der Waals surface area (Å²) in [5.41, 5.74) is 2.69. The maximum atomic E-state index is 13.4. The zero-order valence-electron chi connectivity index (χ0n) is 15.6. The molecule has 1 amide bonds. The molecule has 6 heteroatoms. The summed E-state index contributed by atoms with van der Waals surface area (Å²) in [5.74, 6) is -0.275. The van der Waals surface area contributed by atoms with Crippen LogP contribution in [0.5, 0.6) is 0 Å². The molecule has 0 bridgehead atoms. The number of pyridine rings is 1. The van der Waals surface area contributed by atoms with Crippen molar-refractivity contribution in [1.29, 1.82) is 0 Å². The fourth-order valence-corrected chi connectivity index (χ4v) is 3.35. The Hall–Kier alpha value is -2.76. The fourth-order valence-electron chi connectivity index (χ4n) is 3.35. The molecule has 0 unspecified atom stereocenters. The van der Waals surface area contributed by atoms with E-state index in [-0.39, 0.29) is 29.1 Å². The first-order valence-corrected chi connectivity index (χ1v) is 9.11. The van der Waals surface area contributed by atoms with Crippen LogP contribution in [0.2, 0.25) is 0 Å². The van der Waals surface area contributed by atoms with Gasteiger partial charge in [0.2, 0.25) is 0 Å². The average Bonchev–Trinajstić information content (AvgIpc) is 3.26. The van der Waals surface area contributed by atoms with Crippen LogP contribution in [0.4, 0.5) is 4.39 Å². The van der Waals surface area contributed by atoms with Crippen molar-refractivity contribution in [2.75, 3.05) is 0 Å². The molecule has 1 aromatic carbocycles. The summed E-state index contributed by atoms with van der Waals surface area (Å²) in [6, 6.07) is 8.35. The van der Waals surface area contributed by atoms with E-state index in [2.05, 4.69) is 36.2 Å². The molecule has 140 valence electrons. The summed E-state index contributed by atoms with van der Waals surface area (Å²) in [6.07, 6.45) is 3.05. The maximum absolute atomic E-state index is 13.4. The summed E-state index contributed by atoms with van der Waals surface area (Å²) in [7, 11) is 0. The molecule has 0 saturated heterocycles. The lowest BCUT2D eigenvalue weighted by atomic mass is 9.90. The second-order valence-electron chi connectivity index (χ2n) is 8.42. The van der Waals surface area contributed by atoms with Gasteiger partial charge in [0.05, 0.1) is 16.6 Å². The SMILES string of the molecule is CC(C)(C)Cc1noc2ncc(C(=O)N[C@H]3C[C@H]3c3cccc(F)c3)cc12. The molecular formula is C21H22FN3O2. The third kappa shape index (κ3) is 3.84. The van der Waals surface area contributed by atoms with E-state index in [0.29, 0.717) is 11.3 Å². The molecule has 3 aromatic rings. The van der Waals surface area contributed by atoms with Crippen molar-refractivity contribution in [3.05, 3.63) is 59.2 Å². The number of amides is 1. The van der Waals surface area contributed by atoms with Crippen LogP contribution in [0.25, 0.3) is 11.1 Å². The first-order chi connectivity index (χ1) is 12.8. The Labute approximate surface area is 157 Å². The van der Waals surface area contributed by atoms with Crippen molar-refractivity contribution in [2.45, 2.75) is 45.6 Å². The lowest BCUT2D eigenvalue weighted by Crippen LogP contribution is -2.26. The van der Waals surface area contributed by atoms with Gasteiger partial charge in [-0.1, -0.05) is 38.1 Å². The summed E-state index contributed by atoms with van der Waals surface area (Å²) < 4.78 is 18.7. The van der Waals surface area contributed by atoms with Crippen molar-refractivity contribution >= 4 is 17.0 Å². The lowest BCUT2D eigenvalue weighted by Gasteiger charge is -2.15. The molecule has 0 aliphatic heterocycles. The number of benzene rings is 1. The molecule has 2 atom stereocenters. The number of hydrogen-bond acceptors (Lipinski definition) is 4. The van der Waals surface area contributed by atoms with Crippen molar-refractivity contribution in [2.24, 2.45) is 5.41 Å². The second-order valence-corrected chi connectivity index (χ2v) is 8.42. The molecule has 0 spiro atoms. The monoisotopic (exact) mass is 367 g/mol. The minimum absolute atomic E-state index is 0.0199. The van der Waals surface area contributed by atoms with Gasteiger partial charge in [-0.25, -0.2) is 9.37 Å². The van der Waals surface area contributed by atoms with Crippen molar-refractivity contribution in [1.82, 2.24) is 15.5 Å². The normalized spacial score (nSPS) is 19.3. The number of rotatable bonds is 4. The number of halogens is 1. The van der Waals surface area contributed by atoms with E-state index in [1.165, 1.54) is 18.3 Å². The van der Waals surface area contributed by atoms with Crippen molar-refractivity contribution in [3.63, 3.8) is 0 Å². The highest BCUT2D eigenvalue weighted by molar-refractivity contribution is 5.97. The zero-order valence-corrected chi connectivity index (χ0v) is 15.6. The maximum Gasteiger partial charge on any atom is 0.257 e. The summed E-state index contributed by atoms with van der Waals surface area (Å²) in [6.45, 7) is 6.37. The van der Waals surface area contributed by atoms with Crippen LogP contribution in [0.15, 0.2) is 41.1 Å². The Bertz CT molecular complexity index is 1010. The van der Waals surface area contributed by atoms with Crippen LogP contribution < -0.4 is 5.32 Å². The number of carbonyl (C=O) groups is 1. The molecule has 1 aliphatic rings. The van der Waals surface area contributed by atoms with Gasteiger partial charge in [0.25, 0.3) is 11.6 Å². The van der Waals surface area contributed by atoms with Gasteiger partial charge in [-0.15, -0.1) is 0 Å². The van der Waals surface area contributed by atoms with E-state index in [1.807, 2.05) is 6.07 Å². The molecule has 1 fully saturated rings. The Morgan fingerprint density at radius 3 is 2.89 bits per heavy atom. The molecule has 1 aliphatic carbocycles. The van der Waals surface area contributed by atoms with E-state index in [0.717, 1.165) is 29.5 Å². The topological polar surface area (TPSA) is 68.0 Å². The van der Waals surface area contributed by atoms with Gasteiger partial charge in [-0.3, -0.25) is 4.79 Å². The average molecular weight is 367 g/mol. The summed E-state index contributed by atoms with van der Waals surface area (Å²) in [5, 5.41) is 7.89. The predicted molar refractivity (Wildman–Crippen MR) is 100.0 cm³/mol. The molecular weight excluding hydrogens is 345 g/mol. The van der Waals surface area contributed by atoms with Gasteiger partial charge in [0, 0.05) is 18.2 Å². The van der Waals surface area contributed by atoms with E-state index in [4.69, 9.17) is 4.52 Å². The van der Waals surface area contributed by atoms with Crippen molar-refractivity contribution in [3.8, 4) is 0 Å². The number of nitrogens with one attached hydrogen (secondary N) is 1. The van der Waals surface area contributed by atoms with E-state index >= 15 is 0 Å². The Morgan fingerprint density at radius 1 is 1.33 bits per heavy atom. The third-order valence-corrected chi connectivity index (χ3v) is 4.75. The van der Waals surface area contributed by atoms with Gasteiger partial charge in [0.15, 0.2) is 0 Å². The minimum Gasteiger partial charge on any atom is -0.349 e. The molecule has 4 rings (SSSR count). The van der Waals surface area contributed by atoms with Crippen LogP contribution in [-0.4, -0.2) is 22.1 Å². The first kappa shape index (κ1) is 17.6. The summed E-state index contributed by atoms with van der Waals surface area (Å²) >= 11 is 0. The highest BCUT2D eigenvalue weighted by Gasteiger charge is 2.39. The summed E-state index contributed by atoms with van der Waals surface area (Å²) in [4.78, 5) is 16.9. The van der Waals surface area contributed by atoms with Crippen LogP contribution >= 0.6 is 0 Å². The Morgan fingerprint density at radius 2 is 2.15 bits per heavy atom. The van der Waals surface area contributed by atoms with Gasteiger partial charge >= 0.3 is 0 Å². The molecule has 0 radical (unpaired) electrons. The molecule has 1 saturated carbocycles. The van der Waals surface area contributed by atoms with Crippen LogP contribution in [0.1, 0.15) is 54.7 Å². The number of hydrogen-bond donors (Lipinski definition) is 1. The highest BCUT2D eigenvalue weighted by atomic mass is 19.1. The predicted octanol–water partition coefficient (Wildman–Crippen LogP) is 4.24. The smallest absolute Gasteiger partial charge is 0.257 e. The number of aromatic nitrogens is 2. The standard InChI is InChI=1S/C21H22FN3O2/c1-21(2,3)10-18-16-8-13(11-23-20(16)27-25-18)19(26)24-17-9-15(17)12-5-4-6-14(22)7-12/h4-8,11,15,17H,9-10H2,1-3H3,(H,24,26)/t15-,17-/m0/s1. The first-order valence-electron chi connectivity index (χ1n) is 9.11. The number of carbonyl (C=O) groups excluding carboxylic acids is 1. The van der Waals surface area contributed by atoms with Gasteiger partial charge in [0.1, 0.15) is 5.82 Å². The van der Waals surface area contributed by atoms with Crippen LogP contribution in [0.3, 0.4) is 0 Å². The van der Waals surface area contributed by atoms with Gasteiger partial charge < -0.3 is 9.84 Å². The van der Waals surface area contributed by atoms with Crippen molar-refractivity contribution < 1.29 is 13.7 Å². The lowest BCUT2D eigenvalue weighted by molar-refractivity contribution is 0.0950. The van der Waals surface area contributed by atoms with Crippen LogP contribution in [0, 0.1) is 11.2 Å². The molecule has 1 N–H and O–H groups in total. The quantitative estimate of drug-likeness (QED) is 0.749.